The summed E-state index contributed by atoms with van der Waals surface area (Å²) >= 11 is 0. The first-order valence-corrected chi connectivity index (χ1v) is 5.28. The Balaban J connectivity index is 2.23. The third-order valence-electron chi connectivity index (χ3n) is 2.68. The Kier molecular flexibility index (Phi) is 2.11. The van der Waals surface area contributed by atoms with Gasteiger partial charge in [0, 0.05) is 11.1 Å². The highest BCUT2D eigenvalue weighted by molar-refractivity contribution is 5.83. The molecule has 2 N–H and O–H groups in total. The van der Waals surface area contributed by atoms with Crippen LogP contribution in [0.1, 0.15) is 0 Å². The third-order valence-corrected chi connectivity index (χ3v) is 2.68. The third kappa shape index (κ3) is 1.65. The van der Waals surface area contributed by atoms with Gasteiger partial charge in [-0.3, -0.25) is 0 Å². The van der Waals surface area contributed by atoms with Gasteiger partial charge in [-0.05, 0) is 30.3 Å². The number of nitrogens with two attached hydrogens (primary N) is 1. The first-order valence-electron chi connectivity index (χ1n) is 5.28. The normalized spacial score (nSPS) is 10.9. The first kappa shape index (κ1) is 9.90. The Morgan fingerprint density at radius 2 is 1.82 bits per heavy atom. The van der Waals surface area contributed by atoms with Gasteiger partial charge in [0.25, 0.3) is 0 Å². The summed E-state index contributed by atoms with van der Waals surface area (Å²) in [7, 11) is 0. The molecule has 2 nitrogen and oxygen atoms in total. The standard InChI is InChI=1S/C14H10FNO/c15-12-6-5-10(16)8-11(12)14-7-9-3-1-2-4-13(9)17-14/h1-8H,16H2. The molecule has 1 heterocycles. The number of fused-ring (bicyclic) bond motifs is 1. The van der Waals surface area contributed by atoms with Crippen LogP contribution in [0.25, 0.3) is 22.3 Å². The Labute approximate surface area is 97.5 Å². The van der Waals surface area contributed by atoms with Crippen molar-refractivity contribution in [3.63, 3.8) is 0 Å². The highest BCUT2D eigenvalue weighted by Crippen LogP contribution is 2.30. The van der Waals surface area contributed by atoms with E-state index < -0.39 is 0 Å². The monoisotopic (exact) mass is 227 g/mol. The van der Waals surface area contributed by atoms with Gasteiger partial charge in [0.1, 0.15) is 17.2 Å². The van der Waals surface area contributed by atoms with Crippen LogP contribution in [0.4, 0.5) is 10.1 Å². The summed E-state index contributed by atoms with van der Waals surface area (Å²) in [5.41, 5.74) is 7.30. The topological polar surface area (TPSA) is 39.2 Å². The number of halogens is 1. The van der Waals surface area contributed by atoms with Gasteiger partial charge in [-0.2, -0.15) is 0 Å². The zero-order valence-electron chi connectivity index (χ0n) is 8.98. The van der Waals surface area contributed by atoms with Gasteiger partial charge in [0.15, 0.2) is 0 Å². The predicted octanol–water partition coefficient (Wildman–Crippen LogP) is 3.82. The molecule has 0 aliphatic carbocycles. The smallest absolute Gasteiger partial charge is 0.138 e. The molecule has 84 valence electrons. The molecule has 0 saturated heterocycles. The SMILES string of the molecule is Nc1ccc(F)c(-c2cc3ccccc3o2)c1. The molecule has 0 bridgehead atoms. The lowest BCUT2D eigenvalue weighted by Crippen LogP contribution is -1.88. The van der Waals surface area contributed by atoms with E-state index in [1.807, 2.05) is 30.3 Å². The van der Waals surface area contributed by atoms with E-state index in [0.29, 0.717) is 17.0 Å². The summed E-state index contributed by atoms with van der Waals surface area (Å²) in [5, 5.41) is 0.948. The number of hydrogen-bond acceptors (Lipinski definition) is 2. The second-order valence-corrected chi connectivity index (χ2v) is 3.89. The minimum atomic E-state index is -0.335. The maximum absolute atomic E-state index is 13.7. The van der Waals surface area contributed by atoms with Crippen LogP contribution in [0.15, 0.2) is 52.9 Å². The van der Waals surface area contributed by atoms with E-state index in [0.717, 1.165) is 11.0 Å². The Hall–Kier alpha value is -2.29. The Morgan fingerprint density at radius 3 is 2.65 bits per heavy atom. The fraction of sp³-hybridized carbons (Fsp3) is 0. The van der Waals surface area contributed by atoms with E-state index in [-0.39, 0.29) is 5.82 Å². The van der Waals surface area contributed by atoms with Gasteiger partial charge < -0.3 is 10.2 Å². The van der Waals surface area contributed by atoms with Crippen LogP contribution in [0.2, 0.25) is 0 Å². The molecule has 0 unspecified atom stereocenters. The quantitative estimate of drug-likeness (QED) is 0.642. The molecule has 0 radical (unpaired) electrons. The second-order valence-electron chi connectivity index (χ2n) is 3.89. The zero-order valence-corrected chi connectivity index (χ0v) is 8.98. The number of para-hydroxylation sites is 1. The van der Waals surface area contributed by atoms with Crippen LogP contribution in [0, 0.1) is 5.82 Å². The van der Waals surface area contributed by atoms with Crippen LogP contribution in [0.5, 0.6) is 0 Å². The van der Waals surface area contributed by atoms with Crippen molar-refractivity contribution in [1.82, 2.24) is 0 Å². The van der Waals surface area contributed by atoms with E-state index in [9.17, 15) is 4.39 Å². The summed E-state index contributed by atoms with van der Waals surface area (Å²) in [4.78, 5) is 0. The number of nitrogen functional groups attached to an aromatic ring is 1. The predicted molar refractivity (Wildman–Crippen MR) is 66.0 cm³/mol. The van der Waals surface area contributed by atoms with Crippen molar-refractivity contribution in [3.05, 3.63) is 54.3 Å². The summed E-state index contributed by atoms with van der Waals surface area (Å²) in [6.45, 7) is 0. The molecule has 3 rings (SSSR count). The summed E-state index contributed by atoms with van der Waals surface area (Å²) in [6, 6.07) is 13.8. The minimum Gasteiger partial charge on any atom is -0.456 e. The van der Waals surface area contributed by atoms with Crippen molar-refractivity contribution < 1.29 is 8.81 Å². The van der Waals surface area contributed by atoms with Gasteiger partial charge in [0.05, 0.1) is 5.56 Å². The van der Waals surface area contributed by atoms with E-state index in [1.165, 1.54) is 12.1 Å². The van der Waals surface area contributed by atoms with Crippen molar-refractivity contribution >= 4 is 16.7 Å². The van der Waals surface area contributed by atoms with E-state index in [2.05, 4.69) is 0 Å². The molecular formula is C14H10FNO. The van der Waals surface area contributed by atoms with E-state index in [1.54, 1.807) is 6.07 Å². The number of anilines is 1. The maximum atomic E-state index is 13.7. The van der Waals surface area contributed by atoms with Crippen LogP contribution >= 0.6 is 0 Å². The highest BCUT2D eigenvalue weighted by Gasteiger charge is 2.10. The highest BCUT2D eigenvalue weighted by atomic mass is 19.1. The number of rotatable bonds is 1. The summed E-state index contributed by atoms with van der Waals surface area (Å²) in [5.74, 6) is 0.161. The second kappa shape index (κ2) is 3.63. The molecule has 0 aliphatic rings. The molecule has 0 fully saturated rings. The molecule has 0 saturated carbocycles. The van der Waals surface area contributed by atoms with Crippen LogP contribution in [-0.4, -0.2) is 0 Å². The minimum absolute atomic E-state index is 0.335. The van der Waals surface area contributed by atoms with Gasteiger partial charge in [0.2, 0.25) is 0 Å². The molecule has 3 heteroatoms. The Bertz CT molecular complexity index is 655. The fourth-order valence-corrected chi connectivity index (χ4v) is 1.85. The molecule has 3 aromatic rings. The molecule has 17 heavy (non-hydrogen) atoms. The summed E-state index contributed by atoms with van der Waals surface area (Å²) < 4.78 is 19.3. The lowest BCUT2D eigenvalue weighted by molar-refractivity contribution is 0.602. The van der Waals surface area contributed by atoms with Crippen molar-refractivity contribution in [3.8, 4) is 11.3 Å². The van der Waals surface area contributed by atoms with Gasteiger partial charge in [-0.25, -0.2) is 4.39 Å². The van der Waals surface area contributed by atoms with Crippen LogP contribution in [-0.2, 0) is 0 Å². The molecule has 0 aliphatic heterocycles. The fourth-order valence-electron chi connectivity index (χ4n) is 1.85. The molecule has 2 aromatic carbocycles. The molecule has 0 atom stereocenters. The maximum Gasteiger partial charge on any atom is 0.138 e. The molecule has 0 spiro atoms. The average Bonchev–Trinajstić information content (AvgIpc) is 2.75. The van der Waals surface area contributed by atoms with Crippen LogP contribution in [0.3, 0.4) is 0 Å². The Morgan fingerprint density at radius 1 is 1.00 bits per heavy atom. The number of furan rings is 1. The van der Waals surface area contributed by atoms with Crippen molar-refractivity contribution in [2.75, 3.05) is 5.73 Å². The van der Waals surface area contributed by atoms with E-state index >= 15 is 0 Å². The average molecular weight is 227 g/mol. The lowest BCUT2D eigenvalue weighted by atomic mass is 10.1. The molecule has 0 amide bonds. The first-order chi connectivity index (χ1) is 8.24. The largest absolute Gasteiger partial charge is 0.456 e. The summed E-state index contributed by atoms with van der Waals surface area (Å²) in [6.07, 6.45) is 0. The van der Waals surface area contributed by atoms with Crippen LogP contribution < -0.4 is 5.73 Å². The lowest BCUT2D eigenvalue weighted by Gasteiger charge is -2.00. The van der Waals surface area contributed by atoms with E-state index in [4.69, 9.17) is 10.2 Å². The van der Waals surface area contributed by atoms with Gasteiger partial charge >= 0.3 is 0 Å². The number of hydrogen-bond donors (Lipinski definition) is 1. The van der Waals surface area contributed by atoms with Crippen molar-refractivity contribution in [2.45, 2.75) is 0 Å². The van der Waals surface area contributed by atoms with Crippen molar-refractivity contribution in [1.29, 1.82) is 0 Å². The number of benzene rings is 2. The van der Waals surface area contributed by atoms with Crippen molar-refractivity contribution in [2.24, 2.45) is 0 Å². The zero-order chi connectivity index (χ0) is 11.8. The van der Waals surface area contributed by atoms with Gasteiger partial charge in [-0.15, -0.1) is 0 Å². The molecule has 1 aromatic heterocycles. The van der Waals surface area contributed by atoms with Gasteiger partial charge in [-0.1, -0.05) is 18.2 Å². The molecular weight excluding hydrogens is 217 g/mol.